The molecule has 130 valence electrons. The predicted molar refractivity (Wildman–Crippen MR) is 94.8 cm³/mol. The normalized spacial score (nSPS) is 13.3. The van der Waals surface area contributed by atoms with Crippen LogP contribution in [0.3, 0.4) is 0 Å². The maximum atomic E-state index is 13.2. The summed E-state index contributed by atoms with van der Waals surface area (Å²) in [5.41, 5.74) is 2.78. The monoisotopic (exact) mass is 370 g/mol. The number of Topliss-reactive ketones (excluding diaryl/α,β-unsaturated/α-hetero) is 1. The van der Waals surface area contributed by atoms with Gasteiger partial charge in [0.2, 0.25) is 0 Å². The van der Waals surface area contributed by atoms with Crippen molar-refractivity contribution in [3.63, 3.8) is 0 Å². The van der Waals surface area contributed by atoms with Gasteiger partial charge in [0.25, 0.3) is 0 Å². The highest BCUT2D eigenvalue weighted by Gasteiger charge is 2.24. The summed E-state index contributed by atoms with van der Waals surface area (Å²) in [6.45, 7) is 0.0877. The van der Waals surface area contributed by atoms with Crippen molar-refractivity contribution >= 4 is 28.8 Å². The van der Waals surface area contributed by atoms with E-state index in [4.69, 9.17) is 16.3 Å². The average Bonchev–Trinajstić information content (AvgIpc) is 3.17. The van der Waals surface area contributed by atoms with Crippen molar-refractivity contribution in [1.29, 1.82) is 0 Å². The third-order valence-electron chi connectivity index (χ3n) is 3.91. The number of ether oxygens (including phenoxy) is 1. The van der Waals surface area contributed by atoms with Crippen LogP contribution in [0.15, 0.2) is 47.7 Å². The number of hydrogen-bond acceptors (Lipinski definition) is 5. The molecule has 3 heterocycles. The Hall–Kier alpha value is -3.06. The van der Waals surface area contributed by atoms with Crippen LogP contribution < -0.4 is 4.74 Å². The topological polar surface area (TPSA) is 80.2 Å². The average molecular weight is 371 g/mol. The molecule has 0 spiro atoms. The Bertz CT molecular complexity index is 1020. The van der Waals surface area contributed by atoms with E-state index < -0.39 is 5.82 Å². The molecule has 1 N–H and O–H groups in total. The smallest absolute Gasteiger partial charge is 0.170 e. The number of fused-ring (bicyclic) bond motifs is 1. The number of H-pyrrole nitrogens is 1. The number of benzene rings is 1. The van der Waals surface area contributed by atoms with E-state index in [0.717, 1.165) is 0 Å². The van der Waals surface area contributed by atoms with Crippen LogP contribution in [0.1, 0.15) is 16.8 Å². The number of halogens is 2. The highest BCUT2D eigenvalue weighted by Crippen LogP contribution is 2.34. The van der Waals surface area contributed by atoms with Gasteiger partial charge in [0.15, 0.2) is 5.78 Å². The molecule has 8 heteroatoms. The van der Waals surface area contributed by atoms with E-state index in [-0.39, 0.29) is 23.8 Å². The van der Waals surface area contributed by atoms with Crippen molar-refractivity contribution in [3.8, 4) is 17.1 Å². The zero-order chi connectivity index (χ0) is 18.1. The van der Waals surface area contributed by atoms with E-state index in [0.29, 0.717) is 34.1 Å². The summed E-state index contributed by atoms with van der Waals surface area (Å²) in [7, 11) is 0. The van der Waals surface area contributed by atoms with Gasteiger partial charge < -0.3 is 4.74 Å². The molecule has 3 aromatic rings. The zero-order valence-corrected chi connectivity index (χ0v) is 14.1. The second-order valence-electron chi connectivity index (χ2n) is 5.67. The molecule has 1 aromatic carbocycles. The number of aromatic nitrogens is 3. The Balaban J connectivity index is 1.63. The van der Waals surface area contributed by atoms with Gasteiger partial charge >= 0.3 is 0 Å². The van der Waals surface area contributed by atoms with Gasteiger partial charge in [0.05, 0.1) is 22.8 Å². The molecule has 0 bridgehead atoms. The predicted octanol–water partition coefficient (Wildman–Crippen LogP) is 4.00. The maximum Gasteiger partial charge on any atom is 0.170 e. The molecule has 4 rings (SSSR count). The molecule has 0 radical (unpaired) electrons. The second-order valence-corrected chi connectivity index (χ2v) is 6.08. The van der Waals surface area contributed by atoms with Crippen LogP contribution in [0.25, 0.3) is 11.4 Å². The fourth-order valence-corrected chi connectivity index (χ4v) is 2.84. The first-order valence-electron chi connectivity index (χ1n) is 7.78. The van der Waals surface area contributed by atoms with E-state index in [1.807, 2.05) is 0 Å². The van der Waals surface area contributed by atoms with Crippen LogP contribution in [-0.2, 0) is 0 Å². The number of carbonyl (C=O) groups excluding carboxylic acids is 1. The third kappa shape index (κ3) is 3.09. The molecule has 0 fully saturated rings. The molecule has 1 aliphatic rings. The number of nitrogens with one attached hydrogen (secondary N) is 1. The minimum absolute atomic E-state index is 0.0276. The zero-order valence-electron chi connectivity index (χ0n) is 13.4. The Kier molecular flexibility index (Phi) is 4.22. The van der Waals surface area contributed by atoms with E-state index >= 15 is 0 Å². The molecule has 0 saturated heterocycles. The molecular formula is C18H12ClFN4O2. The molecule has 26 heavy (non-hydrogen) atoms. The highest BCUT2D eigenvalue weighted by molar-refractivity contribution is 6.30. The summed E-state index contributed by atoms with van der Waals surface area (Å²) < 4.78 is 18.8. The molecule has 0 unspecified atom stereocenters. The first-order chi connectivity index (χ1) is 12.6. The number of aromatic amines is 1. The fourth-order valence-electron chi connectivity index (χ4n) is 2.67. The van der Waals surface area contributed by atoms with Crippen LogP contribution in [0.5, 0.6) is 5.75 Å². The molecule has 2 aromatic heterocycles. The quantitative estimate of drug-likeness (QED) is 0.752. The molecule has 1 aliphatic heterocycles. The lowest BCUT2D eigenvalue weighted by Crippen LogP contribution is -2.20. The SMILES string of the molecule is O=C1CC(COc2ccc(F)c(Cl)c2)=Nc2c1ccnc2-c1ccn[nH]1. The largest absolute Gasteiger partial charge is 0.488 e. The van der Waals surface area contributed by atoms with Gasteiger partial charge in [-0.1, -0.05) is 11.6 Å². The Labute approximate surface area is 152 Å². The Morgan fingerprint density at radius 1 is 1.23 bits per heavy atom. The molecule has 0 saturated carbocycles. The summed E-state index contributed by atoms with van der Waals surface area (Å²) in [6, 6.07) is 7.49. The van der Waals surface area contributed by atoms with Crippen LogP contribution in [-0.4, -0.2) is 33.3 Å². The van der Waals surface area contributed by atoms with Crippen LogP contribution in [0, 0.1) is 5.82 Å². The molecular weight excluding hydrogens is 359 g/mol. The standard InChI is InChI=1S/C18H12ClFN4O2/c19-13-8-11(1-2-14(13)20)26-9-10-7-16(25)12-3-5-21-18(17(12)23-10)15-4-6-22-24-15/h1-6,8H,7,9H2,(H,22,24). The van der Waals surface area contributed by atoms with Crippen molar-refractivity contribution in [2.75, 3.05) is 6.61 Å². The van der Waals surface area contributed by atoms with Crippen molar-refractivity contribution in [2.45, 2.75) is 6.42 Å². The first-order valence-corrected chi connectivity index (χ1v) is 8.16. The summed E-state index contributed by atoms with van der Waals surface area (Å²) in [5.74, 6) is -0.181. The summed E-state index contributed by atoms with van der Waals surface area (Å²) in [5, 5.41) is 6.71. The lowest BCUT2D eigenvalue weighted by atomic mass is 9.99. The highest BCUT2D eigenvalue weighted by atomic mass is 35.5. The van der Waals surface area contributed by atoms with Crippen molar-refractivity contribution < 1.29 is 13.9 Å². The van der Waals surface area contributed by atoms with Crippen molar-refractivity contribution in [2.24, 2.45) is 4.99 Å². The number of rotatable bonds is 4. The number of aliphatic imine (C=N–C) groups is 1. The first kappa shape index (κ1) is 16.4. The van der Waals surface area contributed by atoms with E-state index in [1.165, 1.54) is 18.2 Å². The third-order valence-corrected chi connectivity index (χ3v) is 4.20. The number of ketones is 1. The van der Waals surface area contributed by atoms with E-state index in [2.05, 4.69) is 20.2 Å². The fraction of sp³-hybridized carbons (Fsp3) is 0.111. The minimum Gasteiger partial charge on any atom is -0.488 e. The Morgan fingerprint density at radius 3 is 2.88 bits per heavy atom. The van der Waals surface area contributed by atoms with Crippen molar-refractivity contribution in [1.82, 2.24) is 15.2 Å². The number of pyridine rings is 1. The molecule has 0 aliphatic carbocycles. The lowest BCUT2D eigenvalue weighted by Gasteiger charge is -2.17. The van der Waals surface area contributed by atoms with Gasteiger partial charge in [-0.3, -0.25) is 19.9 Å². The van der Waals surface area contributed by atoms with Gasteiger partial charge in [-0.2, -0.15) is 5.10 Å². The summed E-state index contributed by atoms with van der Waals surface area (Å²) >= 11 is 5.75. The number of nitrogens with zero attached hydrogens (tertiary/aromatic N) is 3. The van der Waals surface area contributed by atoms with Crippen LogP contribution in [0.2, 0.25) is 5.02 Å². The summed E-state index contributed by atoms with van der Waals surface area (Å²) in [4.78, 5) is 21.3. The van der Waals surface area contributed by atoms with E-state index in [9.17, 15) is 9.18 Å². The summed E-state index contributed by atoms with van der Waals surface area (Å²) in [6.07, 6.45) is 3.33. The van der Waals surface area contributed by atoms with Crippen LogP contribution >= 0.6 is 11.6 Å². The number of hydrogen-bond donors (Lipinski definition) is 1. The molecule has 6 nitrogen and oxygen atoms in total. The Morgan fingerprint density at radius 2 is 2.12 bits per heavy atom. The lowest BCUT2D eigenvalue weighted by molar-refractivity contribution is 0.0998. The van der Waals surface area contributed by atoms with E-state index in [1.54, 1.807) is 24.5 Å². The maximum absolute atomic E-state index is 13.2. The van der Waals surface area contributed by atoms with Gasteiger partial charge in [0, 0.05) is 24.0 Å². The molecule has 0 atom stereocenters. The number of carbonyl (C=O) groups is 1. The van der Waals surface area contributed by atoms with Crippen molar-refractivity contribution in [3.05, 3.63) is 59.1 Å². The van der Waals surface area contributed by atoms with Crippen LogP contribution in [0.4, 0.5) is 10.1 Å². The van der Waals surface area contributed by atoms with Gasteiger partial charge in [0.1, 0.15) is 29.6 Å². The molecule has 0 amide bonds. The van der Waals surface area contributed by atoms with Gasteiger partial charge in [-0.05, 0) is 24.3 Å². The van der Waals surface area contributed by atoms with Gasteiger partial charge in [-0.25, -0.2) is 4.39 Å². The van der Waals surface area contributed by atoms with Gasteiger partial charge in [-0.15, -0.1) is 0 Å². The second kappa shape index (κ2) is 6.68. The minimum atomic E-state index is -0.520.